The summed E-state index contributed by atoms with van der Waals surface area (Å²) in [4.78, 5) is 26.1. The third-order valence-electron chi connectivity index (χ3n) is 3.67. The lowest BCUT2D eigenvalue weighted by molar-refractivity contribution is 0.0827. The van der Waals surface area contributed by atoms with E-state index in [4.69, 9.17) is 4.74 Å². The summed E-state index contributed by atoms with van der Waals surface area (Å²) in [5, 5.41) is 2.84. The maximum atomic E-state index is 12.5. The van der Waals surface area contributed by atoms with Gasteiger partial charge < -0.3 is 19.5 Å². The first-order chi connectivity index (χ1) is 11.3. The Morgan fingerprint density at radius 1 is 1.21 bits per heavy atom. The highest BCUT2D eigenvalue weighted by molar-refractivity contribution is 6.04. The first kappa shape index (κ1) is 17.6. The Bertz CT molecular complexity index is 748. The number of benzene rings is 1. The van der Waals surface area contributed by atoms with E-state index in [-0.39, 0.29) is 17.9 Å². The molecule has 6 nitrogen and oxygen atoms in total. The van der Waals surface area contributed by atoms with E-state index in [9.17, 15) is 9.59 Å². The number of aromatic nitrogens is 1. The standard InChI is InChI=1S/C18H23N3O3/c1-12(2)21-10-6-7-15(21)17(22)19-14-9-8-13(11-16(14)24-5)18(23)20(3)4/h6-12H,1-5H3,(H,19,22). The molecule has 0 unspecified atom stereocenters. The van der Waals surface area contributed by atoms with Gasteiger partial charge in [0, 0.05) is 31.9 Å². The Labute approximate surface area is 142 Å². The highest BCUT2D eigenvalue weighted by Crippen LogP contribution is 2.27. The molecule has 2 amide bonds. The Balaban J connectivity index is 2.27. The number of carbonyl (C=O) groups excluding carboxylic acids is 2. The number of rotatable bonds is 5. The van der Waals surface area contributed by atoms with Crippen LogP contribution in [-0.4, -0.2) is 42.5 Å². The van der Waals surface area contributed by atoms with Crippen molar-refractivity contribution in [1.29, 1.82) is 0 Å². The Morgan fingerprint density at radius 2 is 1.92 bits per heavy atom. The van der Waals surface area contributed by atoms with Crippen molar-refractivity contribution in [3.8, 4) is 5.75 Å². The number of hydrogen-bond acceptors (Lipinski definition) is 3. The van der Waals surface area contributed by atoms with Crippen LogP contribution >= 0.6 is 0 Å². The van der Waals surface area contributed by atoms with Crippen LogP contribution < -0.4 is 10.1 Å². The highest BCUT2D eigenvalue weighted by Gasteiger charge is 2.16. The lowest BCUT2D eigenvalue weighted by Gasteiger charge is -2.16. The van der Waals surface area contributed by atoms with Crippen LogP contribution in [0.5, 0.6) is 5.75 Å². The minimum Gasteiger partial charge on any atom is -0.495 e. The number of amides is 2. The van der Waals surface area contributed by atoms with Gasteiger partial charge >= 0.3 is 0 Å². The largest absolute Gasteiger partial charge is 0.495 e. The summed E-state index contributed by atoms with van der Waals surface area (Å²) in [5.41, 5.74) is 1.59. The summed E-state index contributed by atoms with van der Waals surface area (Å²) >= 11 is 0. The topological polar surface area (TPSA) is 63.6 Å². The van der Waals surface area contributed by atoms with Gasteiger partial charge in [0.25, 0.3) is 11.8 Å². The number of anilines is 1. The molecule has 0 atom stereocenters. The fourth-order valence-electron chi connectivity index (χ4n) is 2.41. The zero-order valence-corrected chi connectivity index (χ0v) is 14.7. The van der Waals surface area contributed by atoms with Crippen molar-refractivity contribution in [2.75, 3.05) is 26.5 Å². The summed E-state index contributed by atoms with van der Waals surface area (Å²) < 4.78 is 7.21. The molecule has 0 aliphatic heterocycles. The molecule has 0 bridgehead atoms. The molecule has 0 spiro atoms. The molecule has 128 valence electrons. The molecule has 0 saturated heterocycles. The van der Waals surface area contributed by atoms with Gasteiger partial charge in [-0.3, -0.25) is 9.59 Å². The van der Waals surface area contributed by atoms with E-state index < -0.39 is 0 Å². The molecule has 0 fully saturated rings. The third-order valence-corrected chi connectivity index (χ3v) is 3.67. The smallest absolute Gasteiger partial charge is 0.272 e. The van der Waals surface area contributed by atoms with Crippen molar-refractivity contribution in [3.05, 3.63) is 47.8 Å². The highest BCUT2D eigenvalue weighted by atomic mass is 16.5. The molecule has 0 saturated carbocycles. The molecule has 2 aromatic rings. The number of nitrogens with one attached hydrogen (secondary N) is 1. The number of hydrogen-bond donors (Lipinski definition) is 1. The van der Waals surface area contributed by atoms with Crippen LogP contribution in [0.4, 0.5) is 5.69 Å². The minimum atomic E-state index is -0.223. The Hall–Kier alpha value is -2.76. The quantitative estimate of drug-likeness (QED) is 0.917. The predicted molar refractivity (Wildman–Crippen MR) is 93.8 cm³/mol. The monoisotopic (exact) mass is 329 g/mol. The van der Waals surface area contributed by atoms with Crippen LogP contribution in [0.3, 0.4) is 0 Å². The minimum absolute atomic E-state index is 0.125. The van der Waals surface area contributed by atoms with Crippen molar-refractivity contribution in [1.82, 2.24) is 9.47 Å². The number of carbonyl (C=O) groups is 2. The maximum absolute atomic E-state index is 12.5. The molecule has 6 heteroatoms. The van der Waals surface area contributed by atoms with Gasteiger partial charge in [-0.25, -0.2) is 0 Å². The first-order valence-electron chi connectivity index (χ1n) is 7.73. The molecule has 2 rings (SSSR count). The molecule has 0 aliphatic carbocycles. The summed E-state index contributed by atoms with van der Waals surface area (Å²) in [6.45, 7) is 4.03. The van der Waals surface area contributed by atoms with Gasteiger partial charge in [0.1, 0.15) is 11.4 Å². The van der Waals surface area contributed by atoms with Gasteiger partial charge in [-0.15, -0.1) is 0 Å². The molecular weight excluding hydrogens is 306 g/mol. The van der Waals surface area contributed by atoms with Crippen LogP contribution in [0.2, 0.25) is 0 Å². The molecule has 1 N–H and O–H groups in total. The SMILES string of the molecule is COc1cc(C(=O)N(C)C)ccc1NC(=O)c1cccn1C(C)C. The van der Waals surface area contributed by atoms with Gasteiger partial charge in [-0.2, -0.15) is 0 Å². The molecule has 24 heavy (non-hydrogen) atoms. The first-order valence-corrected chi connectivity index (χ1v) is 7.73. The third kappa shape index (κ3) is 3.59. The van der Waals surface area contributed by atoms with E-state index in [0.717, 1.165) is 0 Å². The zero-order chi connectivity index (χ0) is 17.9. The van der Waals surface area contributed by atoms with E-state index in [0.29, 0.717) is 22.7 Å². The fourth-order valence-corrected chi connectivity index (χ4v) is 2.41. The van der Waals surface area contributed by atoms with E-state index in [1.807, 2.05) is 30.7 Å². The van der Waals surface area contributed by atoms with Gasteiger partial charge in [0.05, 0.1) is 12.8 Å². The van der Waals surface area contributed by atoms with Crippen LogP contribution in [0, 0.1) is 0 Å². The normalized spacial score (nSPS) is 10.6. The summed E-state index contributed by atoms with van der Waals surface area (Å²) in [7, 11) is 4.88. The lowest BCUT2D eigenvalue weighted by Crippen LogP contribution is -2.22. The maximum Gasteiger partial charge on any atom is 0.272 e. The van der Waals surface area contributed by atoms with Gasteiger partial charge in [0.2, 0.25) is 0 Å². The van der Waals surface area contributed by atoms with Crippen molar-refractivity contribution in [2.24, 2.45) is 0 Å². The van der Waals surface area contributed by atoms with Crippen molar-refractivity contribution >= 4 is 17.5 Å². The van der Waals surface area contributed by atoms with Crippen LogP contribution in [0.25, 0.3) is 0 Å². The number of methoxy groups -OCH3 is 1. The van der Waals surface area contributed by atoms with E-state index >= 15 is 0 Å². The number of nitrogens with zero attached hydrogens (tertiary/aromatic N) is 2. The van der Waals surface area contributed by atoms with Crippen molar-refractivity contribution in [2.45, 2.75) is 19.9 Å². The number of ether oxygens (including phenoxy) is 1. The summed E-state index contributed by atoms with van der Waals surface area (Å²) in [6, 6.07) is 8.76. The molecule has 0 radical (unpaired) electrons. The molecular formula is C18H23N3O3. The zero-order valence-electron chi connectivity index (χ0n) is 14.7. The Kier molecular flexibility index (Phi) is 5.28. The van der Waals surface area contributed by atoms with Crippen LogP contribution in [-0.2, 0) is 0 Å². The van der Waals surface area contributed by atoms with Gasteiger partial charge in [-0.05, 0) is 44.2 Å². The van der Waals surface area contributed by atoms with E-state index in [2.05, 4.69) is 5.32 Å². The second-order valence-corrected chi connectivity index (χ2v) is 5.96. The predicted octanol–water partition coefficient (Wildman–Crippen LogP) is 3.03. The second kappa shape index (κ2) is 7.21. The molecule has 1 heterocycles. The van der Waals surface area contributed by atoms with Crippen LogP contribution in [0.15, 0.2) is 36.5 Å². The summed E-state index contributed by atoms with van der Waals surface area (Å²) in [6.07, 6.45) is 1.87. The van der Waals surface area contributed by atoms with E-state index in [1.54, 1.807) is 38.4 Å². The lowest BCUT2D eigenvalue weighted by atomic mass is 10.1. The van der Waals surface area contributed by atoms with Crippen molar-refractivity contribution in [3.63, 3.8) is 0 Å². The molecule has 0 aliphatic rings. The van der Waals surface area contributed by atoms with E-state index in [1.165, 1.54) is 12.0 Å². The van der Waals surface area contributed by atoms with Gasteiger partial charge in [0.15, 0.2) is 0 Å². The summed E-state index contributed by atoms with van der Waals surface area (Å²) in [5.74, 6) is 0.0947. The van der Waals surface area contributed by atoms with Crippen LogP contribution in [0.1, 0.15) is 40.7 Å². The van der Waals surface area contributed by atoms with Gasteiger partial charge in [-0.1, -0.05) is 0 Å². The second-order valence-electron chi connectivity index (χ2n) is 5.96. The average Bonchev–Trinajstić information content (AvgIpc) is 3.04. The Morgan fingerprint density at radius 3 is 2.50 bits per heavy atom. The van der Waals surface area contributed by atoms with Crippen molar-refractivity contribution < 1.29 is 14.3 Å². The fraction of sp³-hybridized carbons (Fsp3) is 0.333. The molecule has 1 aromatic carbocycles. The average molecular weight is 329 g/mol. The molecule has 1 aromatic heterocycles.